The van der Waals surface area contributed by atoms with Crippen molar-refractivity contribution >= 4 is 16.0 Å². The first-order valence-electron chi connectivity index (χ1n) is 14.1. The number of benzene rings is 2. The number of rotatable bonds is 16. The molecule has 0 saturated carbocycles. The summed E-state index contributed by atoms with van der Waals surface area (Å²) in [4.78, 5) is 15.1. The smallest absolute Gasteiger partial charge is 0.303 e. The molecule has 0 unspecified atom stereocenters. The van der Waals surface area contributed by atoms with Gasteiger partial charge in [0, 0.05) is 44.5 Å². The lowest BCUT2D eigenvalue weighted by atomic mass is 9.95. The number of likely N-dealkylation sites (N-methyl/N-ethyl adjacent to an activating group) is 1. The number of carbonyl (C=O) groups is 1. The highest BCUT2D eigenvalue weighted by molar-refractivity contribution is 7.89. The van der Waals surface area contributed by atoms with Gasteiger partial charge in [-0.2, -0.15) is 4.31 Å². The fourth-order valence-corrected chi connectivity index (χ4v) is 6.27. The molecule has 3 aromatic rings. The highest BCUT2D eigenvalue weighted by Gasteiger charge is 2.26. The molecule has 8 nitrogen and oxygen atoms in total. The number of carboxylic acids is 1. The van der Waals surface area contributed by atoms with E-state index in [2.05, 4.69) is 24.1 Å². The van der Waals surface area contributed by atoms with Crippen LogP contribution in [0.3, 0.4) is 0 Å². The predicted molar refractivity (Wildman–Crippen MR) is 162 cm³/mol. The van der Waals surface area contributed by atoms with Crippen molar-refractivity contribution in [3.05, 3.63) is 83.7 Å². The van der Waals surface area contributed by atoms with Crippen LogP contribution >= 0.6 is 0 Å². The Balaban J connectivity index is 1.59. The maximum atomic E-state index is 13.5. The van der Waals surface area contributed by atoms with Crippen molar-refractivity contribution in [2.24, 2.45) is 0 Å². The van der Waals surface area contributed by atoms with E-state index in [1.54, 1.807) is 24.5 Å². The topological polar surface area (TPSA) is 120 Å². The summed E-state index contributed by atoms with van der Waals surface area (Å²) in [6.07, 6.45) is 6.65. The number of aliphatic hydroxyl groups is 1. The van der Waals surface area contributed by atoms with Gasteiger partial charge in [-0.3, -0.25) is 9.78 Å². The van der Waals surface area contributed by atoms with Crippen molar-refractivity contribution in [1.29, 1.82) is 0 Å². The third-order valence-electron chi connectivity index (χ3n) is 7.35. The fraction of sp³-hybridized carbons (Fsp3) is 0.438. The van der Waals surface area contributed by atoms with E-state index in [1.807, 2.05) is 49.4 Å². The Morgan fingerprint density at radius 3 is 2.27 bits per heavy atom. The first-order chi connectivity index (χ1) is 19.4. The molecule has 41 heavy (non-hydrogen) atoms. The van der Waals surface area contributed by atoms with Crippen LogP contribution in [0.1, 0.15) is 56.7 Å². The second-order valence-corrected chi connectivity index (χ2v) is 13.2. The molecule has 0 spiro atoms. The molecule has 0 amide bonds. The van der Waals surface area contributed by atoms with Crippen molar-refractivity contribution in [1.82, 2.24) is 14.6 Å². The Kier molecular flexibility index (Phi) is 11.6. The Morgan fingerprint density at radius 2 is 1.63 bits per heavy atom. The number of aliphatic hydroxyl groups excluding tert-OH is 1. The maximum absolute atomic E-state index is 13.5. The van der Waals surface area contributed by atoms with Crippen LogP contribution in [-0.2, 0) is 34.1 Å². The predicted octanol–water partition coefficient (Wildman–Crippen LogP) is 4.70. The average Bonchev–Trinajstić information content (AvgIpc) is 2.95. The van der Waals surface area contributed by atoms with Crippen LogP contribution in [-0.4, -0.2) is 65.7 Å². The van der Waals surface area contributed by atoms with Crippen molar-refractivity contribution in [3.8, 4) is 11.1 Å². The monoisotopic (exact) mass is 581 g/mol. The number of carboxylic acid groups (broad SMARTS) is 1. The molecular weight excluding hydrogens is 538 g/mol. The van der Waals surface area contributed by atoms with E-state index in [4.69, 9.17) is 5.11 Å². The summed E-state index contributed by atoms with van der Waals surface area (Å²) >= 11 is 0. The molecule has 1 atom stereocenters. The molecule has 9 heteroatoms. The van der Waals surface area contributed by atoms with Crippen LogP contribution in [0.25, 0.3) is 11.1 Å². The second-order valence-electron chi connectivity index (χ2n) is 11.2. The Labute approximate surface area is 244 Å². The minimum absolute atomic E-state index is 0.0227. The van der Waals surface area contributed by atoms with Gasteiger partial charge in [-0.1, -0.05) is 37.3 Å². The largest absolute Gasteiger partial charge is 0.481 e. The van der Waals surface area contributed by atoms with Gasteiger partial charge in [0.2, 0.25) is 10.0 Å². The zero-order chi connectivity index (χ0) is 30.0. The maximum Gasteiger partial charge on any atom is 0.303 e. The van der Waals surface area contributed by atoms with E-state index in [-0.39, 0.29) is 29.9 Å². The van der Waals surface area contributed by atoms with E-state index >= 15 is 0 Å². The van der Waals surface area contributed by atoms with E-state index in [0.29, 0.717) is 18.4 Å². The minimum Gasteiger partial charge on any atom is -0.481 e. The minimum atomic E-state index is -3.81. The molecule has 0 aliphatic carbocycles. The standard InChI is InChI=1S/C32H43N3O5S/c1-5-26-21-28(27-11-8-25(9-12-27)10-15-31(37)38)13-14-30(26)41(39,40)35(4)23-29(36)22-34-32(2,3)18-6-7-24-16-19-33-20-17-24/h8-9,11-14,16-17,19-21,29,34,36H,5-7,10,15,18,22-23H2,1-4H3,(H,37,38)/t29-/m1/s1. The molecule has 0 bridgehead atoms. The van der Waals surface area contributed by atoms with Crippen molar-refractivity contribution < 1.29 is 23.4 Å². The van der Waals surface area contributed by atoms with Gasteiger partial charge in [-0.25, -0.2) is 8.42 Å². The molecule has 1 aromatic heterocycles. The molecule has 0 aliphatic heterocycles. The van der Waals surface area contributed by atoms with E-state index in [1.165, 1.54) is 16.9 Å². The summed E-state index contributed by atoms with van der Waals surface area (Å²) in [6, 6.07) is 17.0. The number of aromatic nitrogens is 1. The summed E-state index contributed by atoms with van der Waals surface area (Å²) in [5, 5.41) is 23.0. The Hall–Kier alpha value is -3.11. The number of hydrogen-bond donors (Lipinski definition) is 3. The van der Waals surface area contributed by atoms with Gasteiger partial charge in [0.1, 0.15) is 0 Å². The summed E-state index contributed by atoms with van der Waals surface area (Å²) in [6.45, 7) is 6.36. The molecule has 2 aromatic carbocycles. The van der Waals surface area contributed by atoms with E-state index in [9.17, 15) is 18.3 Å². The zero-order valence-electron chi connectivity index (χ0n) is 24.5. The molecule has 0 radical (unpaired) electrons. The third kappa shape index (κ3) is 9.74. The summed E-state index contributed by atoms with van der Waals surface area (Å²) < 4.78 is 28.2. The first-order valence-corrected chi connectivity index (χ1v) is 15.6. The number of nitrogens with one attached hydrogen (secondary N) is 1. The van der Waals surface area contributed by atoms with Crippen molar-refractivity contribution in [2.75, 3.05) is 20.1 Å². The van der Waals surface area contributed by atoms with Crippen LogP contribution in [0, 0.1) is 0 Å². The van der Waals surface area contributed by atoms with Crippen LogP contribution in [0.15, 0.2) is 71.9 Å². The molecule has 0 saturated heterocycles. The number of β-amino-alcohol motifs (C(OH)–C–C–N with tert-alkyl or cyclic N) is 1. The molecule has 3 N–H and O–H groups in total. The average molecular weight is 582 g/mol. The summed E-state index contributed by atoms with van der Waals surface area (Å²) in [5.41, 5.74) is 4.50. The highest BCUT2D eigenvalue weighted by Crippen LogP contribution is 2.28. The van der Waals surface area contributed by atoms with E-state index < -0.39 is 22.1 Å². The Morgan fingerprint density at radius 1 is 1.00 bits per heavy atom. The Bertz CT molecular complexity index is 1380. The van der Waals surface area contributed by atoms with Crippen LogP contribution < -0.4 is 5.32 Å². The molecule has 1 heterocycles. The van der Waals surface area contributed by atoms with Crippen LogP contribution in [0.5, 0.6) is 0 Å². The number of aryl methyl sites for hydroxylation is 3. The molecular formula is C32H43N3O5S. The molecule has 0 aliphatic rings. The lowest BCUT2D eigenvalue weighted by Gasteiger charge is -2.29. The van der Waals surface area contributed by atoms with Crippen LogP contribution in [0.4, 0.5) is 0 Å². The van der Waals surface area contributed by atoms with Gasteiger partial charge in [0.05, 0.1) is 11.0 Å². The quantitative estimate of drug-likeness (QED) is 0.224. The zero-order valence-corrected chi connectivity index (χ0v) is 25.3. The van der Waals surface area contributed by atoms with Gasteiger partial charge in [-0.05, 0) is 98.0 Å². The van der Waals surface area contributed by atoms with Gasteiger partial charge in [0.25, 0.3) is 0 Å². The SMILES string of the molecule is CCc1cc(-c2ccc(CCC(=O)O)cc2)ccc1S(=O)(=O)N(C)C[C@H](O)CNC(C)(C)CCCc1ccncc1. The van der Waals surface area contributed by atoms with Crippen LogP contribution in [0.2, 0.25) is 0 Å². The summed E-state index contributed by atoms with van der Waals surface area (Å²) in [7, 11) is -2.31. The number of aliphatic carboxylic acids is 1. The van der Waals surface area contributed by atoms with E-state index in [0.717, 1.165) is 36.0 Å². The van der Waals surface area contributed by atoms with Gasteiger partial charge >= 0.3 is 5.97 Å². The highest BCUT2D eigenvalue weighted by atomic mass is 32.2. The van der Waals surface area contributed by atoms with Gasteiger partial charge in [0.15, 0.2) is 0 Å². The number of nitrogens with zero attached hydrogens (tertiary/aromatic N) is 2. The number of hydrogen-bond acceptors (Lipinski definition) is 6. The third-order valence-corrected chi connectivity index (χ3v) is 9.27. The second kappa shape index (κ2) is 14.7. The lowest BCUT2D eigenvalue weighted by molar-refractivity contribution is -0.136. The lowest BCUT2D eigenvalue weighted by Crippen LogP contribution is -2.46. The first kappa shape index (κ1) is 32.4. The fourth-order valence-electron chi connectivity index (χ4n) is 4.80. The number of pyridine rings is 1. The molecule has 0 fully saturated rings. The molecule has 222 valence electrons. The van der Waals surface area contributed by atoms with Gasteiger partial charge < -0.3 is 15.5 Å². The van der Waals surface area contributed by atoms with Gasteiger partial charge in [-0.15, -0.1) is 0 Å². The van der Waals surface area contributed by atoms with Crippen molar-refractivity contribution in [3.63, 3.8) is 0 Å². The normalized spacial score (nSPS) is 12.9. The molecule has 3 rings (SSSR count). The summed E-state index contributed by atoms with van der Waals surface area (Å²) in [5.74, 6) is -0.830. The number of sulfonamides is 1. The van der Waals surface area contributed by atoms with Crippen molar-refractivity contribution in [2.45, 2.75) is 75.8 Å².